The number of sulfonamides is 1. The zero-order valence-electron chi connectivity index (χ0n) is 25.6. The van der Waals surface area contributed by atoms with Gasteiger partial charge in [-0.25, -0.2) is 8.42 Å². The second kappa shape index (κ2) is 16.7. The number of nitrogens with zero attached hydrogens (tertiary/aromatic N) is 2. The number of amides is 2. The summed E-state index contributed by atoms with van der Waals surface area (Å²) in [6, 6.07) is 20.5. The molecule has 0 bridgehead atoms. The molecule has 2 amide bonds. The molecule has 0 saturated heterocycles. The Bertz CT molecular complexity index is 1480. The van der Waals surface area contributed by atoms with E-state index in [1.165, 1.54) is 9.21 Å². The first-order valence-corrected chi connectivity index (χ1v) is 17.3. The molecular formula is C33H41Cl2N3O5S. The number of rotatable bonds is 16. The Hall–Kier alpha value is -3.27. The summed E-state index contributed by atoms with van der Waals surface area (Å²) >= 11 is 13.1. The van der Waals surface area contributed by atoms with Crippen LogP contribution >= 0.6 is 23.2 Å². The fourth-order valence-corrected chi connectivity index (χ4v) is 6.26. The molecule has 3 aromatic carbocycles. The molecule has 8 nitrogen and oxygen atoms in total. The van der Waals surface area contributed by atoms with Crippen LogP contribution in [0.4, 0.5) is 5.69 Å². The fraction of sp³-hybridized carbons (Fsp3) is 0.394. The lowest BCUT2D eigenvalue weighted by molar-refractivity contribution is -0.141. The van der Waals surface area contributed by atoms with Crippen molar-refractivity contribution in [2.75, 3.05) is 23.7 Å². The van der Waals surface area contributed by atoms with E-state index in [-0.39, 0.29) is 50.2 Å². The van der Waals surface area contributed by atoms with Crippen LogP contribution < -0.4 is 14.4 Å². The fourth-order valence-electron chi connectivity index (χ4n) is 4.77. The van der Waals surface area contributed by atoms with E-state index in [0.29, 0.717) is 33.7 Å². The molecule has 0 spiro atoms. The Kier molecular flexibility index (Phi) is 13.4. The summed E-state index contributed by atoms with van der Waals surface area (Å²) in [5.74, 6) is -0.178. The third kappa shape index (κ3) is 9.87. The maximum Gasteiger partial charge on any atom is 0.243 e. The molecule has 1 N–H and O–H groups in total. The van der Waals surface area contributed by atoms with Gasteiger partial charge in [0.05, 0.1) is 18.6 Å². The molecule has 2 atom stereocenters. The number of carbonyl (C=O) groups is 2. The summed E-state index contributed by atoms with van der Waals surface area (Å²) in [5, 5.41) is 3.80. The topological polar surface area (TPSA) is 96.0 Å². The molecule has 0 aliphatic rings. The number of anilines is 1. The van der Waals surface area contributed by atoms with Crippen LogP contribution in [0.2, 0.25) is 10.0 Å². The van der Waals surface area contributed by atoms with Crippen molar-refractivity contribution in [1.29, 1.82) is 0 Å². The SMILES string of the molecule is CCOc1ccccc1N(CCCC(=O)N(Cc1c(Cl)cccc1Cl)[C@@H](Cc1ccccc1)C(=O)N[C@H](C)CC)S(C)(=O)=O. The summed E-state index contributed by atoms with van der Waals surface area (Å²) in [6.07, 6.45) is 2.29. The largest absolute Gasteiger partial charge is 0.492 e. The summed E-state index contributed by atoms with van der Waals surface area (Å²) in [6.45, 7) is 6.12. The molecule has 44 heavy (non-hydrogen) atoms. The number of para-hydroxylation sites is 2. The standard InChI is InChI=1S/C33H41Cl2N3O5S/c1-5-24(3)36-33(40)30(22-25-14-8-7-9-15-25)37(23-26-27(34)16-12-17-28(26)35)32(39)20-13-21-38(44(4,41)42)29-18-10-11-19-31(29)43-6-2/h7-12,14-19,24,30H,5-6,13,20-23H2,1-4H3,(H,36,40)/t24-,30+/m1/s1. The van der Waals surface area contributed by atoms with E-state index >= 15 is 0 Å². The smallest absolute Gasteiger partial charge is 0.243 e. The summed E-state index contributed by atoms with van der Waals surface area (Å²) in [5.41, 5.74) is 1.82. The Morgan fingerprint density at radius 2 is 1.57 bits per heavy atom. The van der Waals surface area contributed by atoms with Crippen molar-refractivity contribution >= 4 is 50.7 Å². The van der Waals surface area contributed by atoms with Gasteiger partial charge >= 0.3 is 0 Å². The van der Waals surface area contributed by atoms with Crippen molar-refractivity contribution < 1.29 is 22.7 Å². The second-order valence-corrected chi connectivity index (χ2v) is 13.3. The van der Waals surface area contributed by atoms with Crippen LogP contribution in [0.3, 0.4) is 0 Å². The molecule has 0 heterocycles. The highest BCUT2D eigenvalue weighted by Gasteiger charge is 2.32. The lowest BCUT2D eigenvalue weighted by Gasteiger charge is -2.33. The quantitative estimate of drug-likeness (QED) is 0.189. The lowest BCUT2D eigenvalue weighted by Crippen LogP contribution is -2.52. The van der Waals surface area contributed by atoms with E-state index in [9.17, 15) is 18.0 Å². The van der Waals surface area contributed by atoms with Crippen molar-refractivity contribution in [3.8, 4) is 5.75 Å². The number of hydrogen-bond donors (Lipinski definition) is 1. The van der Waals surface area contributed by atoms with E-state index in [1.807, 2.05) is 51.1 Å². The van der Waals surface area contributed by atoms with Crippen molar-refractivity contribution in [3.05, 3.63) is 94.0 Å². The average Bonchev–Trinajstić information content (AvgIpc) is 2.98. The average molecular weight is 663 g/mol. The van der Waals surface area contributed by atoms with Crippen molar-refractivity contribution in [1.82, 2.24) is 10.2 Å². The Balaban J connectivity index is 1.95. The van der Waals surface area contributed by atoms with Crippen LogP contribution in [-0.2, 0) is 32.6 Å². The van der Waals surface area contributed by atoms with Gasteiger partial charge in [0.2, 0.25) is 21.8 Å². The summed E-state index contributed by atoms with van der Waals surface area (Å²) in [4.78, 5) is 29.3. The third-order valence-electron chi connectivity index (χ3n) is 7.25. The van der Waals surface area contributed by atoms with Crippen LogP contribution in [0, 0.1) is 0 Å². The Labute approximate surface area is 271 Å². The zero-order chi connectivity index (χ0) is 32.3. The van der Waals surface area contributed by atoms with E-state index in [0.717, 1.165) is 18.2 Å². The van der Waals surface area contributed by atoms with Gasteiger partial charge in [-0.2, -0.15) is 0 Å². The first kappa shape index (κ1) is 35.2. The van der Waals surface area contributed by atoms with Gasteiger partial charge in [-0.1, -0.05) is 78.7 Å². The summed E-state index contributed by atoms with van der Waals surface area (Å²) in [7, 11) is -3.69. The first-order chi connectivity index (χ1) is 21.0. The highest BCUT2D eigenvalue weighted by Crippen LogP contribution is 2.31. The normalized spacial score (nSPS) is 12.7. The molecule has 0 saturated carbocycles. The number of carbonyl (C=O) groups excluding carboxylic acids is 2. The van der Waals surface area contributed by atoms with Gasteiger partial charge < -0.3 is 15.0 Å². The predicted molar refractivity (Wildman–Crippen MR) is 178 cm³/mol. The highest BCUT2D eigenvalue weighted by molar-refractivity contribution is 7.92. The van der Waals surface area contributed by atoms with Gasteiger partial charge in [0.25, 0.3) is 0 Å². The molecule has 3 aromatic rings. The van der Waals surface area contributed by atoms with Crippen LogP contribution in [0.25, 0.3) is 0 Å². The van der Waals surface area contributed by atoms with E-state index < -0.39 is 16.1 Å². The third-order valence-corrected chi connectivity index (χ3v) is 9.14. The molecule has 0 aliphatic carbocycles. The van der Waals surface area contributed by atoms with Crippen LogP contribution in [0.5, 0.6) is 5.75 Å². The monoisotopic (exact) mass is 661 g/mol. The predicted octanol–water partition coefficient (Wildman–Crippen LogP) is 6.49. The molecule has 11 heteroatoms. The summed E-state index contributed by atoms with van der Waals surface area (Å²) < 4.78 is 32.6. The van der Waals surface area contributed by atoms with Crippen molar-refractivity contribution in [2.24, 2.45) is 0 Å². The molecule has 0 unspecified atom stereocenters. The number of nitrogens with one attached hydrogen (secondary N) is 1. The maximum atomic E-state index is 14.1. The minimum atomic E-state index is -3.69. The Morgan fingerprint density at radius 3 is 2.18 bits per heavy atom. The molecule has 0 fully saturated rings. The Morgan fingerprint density at radius 1 is 0.932 bits per heavy atom. The molecule has 0 radical (unpaired) electrons. The second-order valence-electron chi connectivity index (χ2n) is 10.6. The highest BCUT2D eigenvalue weighted by atomic mass is 35.5. The minimum absolute atomic E-state index is 0.00568. The van der Waals surface area contributed by atoms with E-state index in [4.69, 9.17) is 27.9 Å². The lowest BCUT2D eigenvalue weighted by atomic mass is 10.0. The molecule has 0 aliphatic heterocycles. The molecular weight excluding hydrogens is 621 g/mol. The van der Waals surface area contributed by atoms with Crippen LogP contribution in [0.1, 0.15) is 51.2 Å². The van der Waals surface area contributed by atoms with Crippen LogP contribution in [0.15, 0.2) is 72.8 Å². The molecule has 238 valence electrons. The van der Waals surface area contributed by atoms with Gasteiger partial charge in [0.15, 0.2) is 0 Å². The number of ether oxygens (including phenoxy) is 1. The maximum absolute atomic E-state index is 14.1. The molecule has 3 rings (SSSR count). The number of benzene rings is 3. The minimum Gasteiger partial charge on any atom is -0.492 e. The van der Waals surface area contributed by atoms with Gasteiger partial charge in [-0.05, 0) is 56.5 Å². The van der Waals surface area contributed by atoms with Gasteiger partial charge in [0, 0.05) is 47.6 Å². The first-order valence-electron chi connectivity index (χ1n) is 14.7. The van der Waals surface area contributed by atoms with E-state index in [2.05, 4.69) is 5.32 Å². The number of hydrogen-bond acceptors (Lipinski definition) is 5. The van der Waals surface area contributed by atoms with Gasteiger partial charge in [-0.15, -0.1) is 0 Å². The van der Waals surface area contributed by atoms with Gasteiger partial charge in [0.1, 0.15) is 11.8 Å². The van der Waals surface area contributed by atoms with Crippen molar-refractivity contribution in [2.45, 2.75) is 65.1 Å². The molecule has 0 aromatic heterocycles. The van der Waals surface area contributed by atoms with Gasteiger partial charge in [-0.3, -0.25) is 13.9 Å². The number of halogens is 2. The van der Waals surface area contributed by atoms with Crippen LogP contribution in [-0.4, -0.2) is 56.6 Å². The zero-order valence-corrected chi connectivity index (χ0v) is 28.0. The van der Waals surface area contributed by atoms with E-state index in [1.54, 1.807) is 42.5 Å². The van der Waals surface area contributed by atoms with Crippen molar-refractivity contribution in [3.63, 3.8) is 0 Å².